The fourth-order valence-electron chi connectivity index (χ4n) is 6.17. The molecule has 0 fully saturated rings. The van der Waals surface area contributed by atoms with Crippen LogP contribution in [0.25, 0.3) is 0 Å². The predicted octanol–water partition coefficient (Wildman–Crippen LogP) is 11.3. The predicted molar refractivity (Wildman–Crippen MR) is 224 cm³/mol. The topological polar surface area (TPSA) is 108 Å². The molecule has 0 saturated carbocycles. The van der Waals surface area contributed by atoms with E-state index in [1.165, 1.54) is 96.3 Å². The highest BCUT2D eigenvalue weighted by Crippen LogP contribution is 2.38. The normalized spacial score (nSPS) is 14.8. The summed E-state index contributed by atoms with van der Waals surface area (Å²) in [5, 5.41) is 13.9. The number of hydrogen-bond donors (Lipinski definition) is 2. The van der Waals surface area contributed by atoms with E-state index in [9.17, 15) is 19.4 Å². The maximum absolute atomic E-state index is 12.9. The lowest BCUT2D eigenvalue weighted by molar-refractivity contribution is -0.870. The first kappa shape index (κ1) is 51.7. The summed E-state index contributed by atoms with van der Waals surface area (Å²) in [6.45, 7) is 4.59. The van der Waals surface area contributed by atoms with Gasteiger partial charge in [0.1, 0.15) is 13.2 Å². The third-order valence-corrected chi connectivity index (χ3v) is 10.6. The monoisotopic (exact) mass is 769 g/mol. The minimum Gasteiger partial charge on any atom is -0.756 e. The molecule has 0 aromatic heterocycles. The zero-order valence-corrected chi connectivity index (χ0v) is 36.1. The minimum absolute atomic E-state index is 0.00932. The first-order valence-electron chi connectivity index (χ1n) is 21.8. The minimum atomic E-state index is -4.56. The van der Waals surface area contributed by atoms with Crippen molar-refractivity contribution >= 4 is 13.7 Å². The Morgan fingerprint density at radius 3 is 1.68 bits per heavy atom. The molecule has 0 rings (SSSR count). The lowest BCUT2D eigenvalue weighted by atomic mass is 10.0. The van der Waals surface area contributed by atoms with Crippen LogP contribution < -0.4 is 10.2 Å². The summed E-state index contributed by atoms with van der Waals surface area (Å²) >= 11 is 0. The molecule has 0 bridgehead atoms. The van der Waals surface area contributed by atoms with E-state index < -0.39 is 20.0 Å². The van der Waals surface area contributed by atoms with Crippen LogP contribution in [0, 0.1) is 0 Å². The van der Waals surface area contributed by atoms with Gasteiger partial charge in [-0.2, -0.15) is 0 Å². The molecule has 0 saturated heterocycles. The van der Waals surface area contributed by atoms with E-state index in [-0.39, 0.29) is 19.1 Å². The number of amides is 1. The van der Waals surface area contributed by atoms with Gasteiger partial charge in [0.15, 0.2) is 0 Å². The van der Waals surface area contributed by atoms with Gasteiger partial charge >= 0.3 is 0 Å². The van der Waals surface area contributed by atoms with Gasteiger partial charge in [-0.05, 0) is 44.9 Å². The number of carbonyl (C=O) groups is 1. The third kappa shape index (κ3) is 38.8. The highest BCUT2D eigenvalue weighted by molar-refractivity contribution is 7.45. The van der Waals surface area contributed by atoms with Crippen molar-refractivity contribution in [1.82, 2.24) is 5.32 Å². The Morgan fingerprint density at radius 1 is 0.679 bits per heavy atom. The fourth-order valence-corrected chi connectivity index (χ4v) is 6.89. The van der Waals surface area contributed by atoms with Crippen LogP contribution in [0.1, 0.15) is 187 Å². The average molecular weight is 769 g/mol. The second kappa shape index (κ2) is 36.4. The van der Waals surface area contributed by atoms with Crippen LogP contribution in [0.2, 0.25) is 0 Å². The Labute approximate surface area is 327 Å². The molecule has 53 heavy (non-hydrogen) atoms. The molecular weight excluding hydrogens is 683 g/mol. The van der Waals surface area contributed by atoms with Gasteiger partial charge in [0.05, 0.1) is 39.9 Å². The summed E-state index contributed by atoms with van der Waals surface area (Å²) in [7, 11) is 1.29. The molecule has 0 aliphatic heterocycles. The first-order chi connectivity index (χ1) is 25.5. The largest absolute Gasteiger partial charge is 0.756 e. The van der Waals surface area contributed by atoms with E-state index in [0.29, 0.717) is 23.9 Å². The number of nitrogens with zero attached hydrogens (tertiary/aromatic N) is 1. The summed E-state index contributed by atoms with van der Waals surface area (Å²) < 4.78 is 23.2. The van der Waals surface area contributed by atoms with Gasteiger partial charge in [-0.3, -0.25) is 9.36 Å². The van der Waals surface area contributed by atoms with Crippen LogP contribution in [0.4, 0.5) is 0 Å². The van der Waals surface area contributed by atoms with Crippen LogP contribution in [0.3, 0.4) is 0 Å². The lowest BCUT2D eigenvalue weighted by Crippen LogP contribution is -2.46. The molecule has 0 aromatic rings. The summed E-state index contributed by atoms with van der Waals surface area (Å²) in [6.07, 6.45) is 42.8. The number of allylic oxidation sites excluding steroid dienone is 6. The second-order valence-electron chi connectivity index (χ2n) is 16.0. The molecule has 312 valence electrons. The van der Waals surface area contributed by atoms with Crippen molar-refractivity contribution in [3.8, 4) is 0 Å². The number of aliphatic hydroxyl groups excluding tert-OH is 1. The van der Waals surface area contributed by atoms with Crippen molar-refractivity contribution in [3.05, 3.63) is 36.5 Å². The first-order valence-corrected chi connectivity index (χ1v) is 23.3. The maximum atomic E-state index is 12.9. The van der Waals surface area contributed by atoms with Crippen molar-refractivity contribution in [2.75, 3.05) is 40.9 Å². The second-order valence-corrected chi connectivity index (χ2v) is 17.4. The standard InChI is InChI=1S/C44H85N2O6P/c1-6-8-10-12-14-16-18-20-22-23-24-26-28-30-32-34-36-38-44(48)45-42(41-52-53(49,50)51-40-39-46(3,4)5)43(47)37-35-33-31-29-27-25-21-19-17-15-13-11-9-7-2/h8,10,14,16,20,22,42-43,47H,6-7,9,11-13,15,17-19,21,23-41H2,1-5H3,(H-,45,48,49,50)/b10-8-,16-14-,22-20-. The number of rotatable bonds is 39. The summed E-state index contributed by atoms with van der Waals surface area (Å²) in [4.78, 5) is 25.3. The van der Waals surface area contributed by atoms with Crippen LogP contribution in [0.5, 0.6) is 0 Å². The Balaban J connectivity index is 4.39. The zero-order chi connectivity index (χ0) is 39.3. The number of quaternary nitrogens is 1. The Hall–Kier alpha value is -1.28. The van der Waals surface area contributed by atoms with Gasteiger partial charge in [-0.1, -0.05) is 172 Å². The van der Waals surface area contributed by atoms with Gasteiger partial charge < -0.3 is 28.8 Å². The molecule has 8 nitrogen and oxygen atoms in total. The van der Waals surface area contributed by atoms with E-state index >= 15 is 0 Å². The van der Waals surface area contributed by atoms with Gasteiger partial charge in [0.25, 0.3) is 7.82 Å². The van der Waals surface area contributed by atoms with Crippen LogP contribution in [-0.4, -0.2) is 68.5 Å². The van der Waals surface area contributed by atoms with Crippen LogP contribution in [0.15, 0.2) is 36.5 Å². The van der Waals surface area contributed by atoms with Crippen molar-refractivity contribution in [1.29, 1.82) is 0 Å². The lowest BCUT2D eigenvalue weighted by Gasteiger charge is -2.30. The van der Waals surface area contributed by atoms with Crippen molar-refractivity contribution in [3.63, 3.8) is 0 Å². The number of phosphoric ester groups is 1. The highest BCUT2D eigenvalue weighted by Gasteiger charge is 2.24. The molecule has 2 N–H and O–H groups in total. The number of carbonyl (C=O) groups excluding carboxylic acids is 1. The number of phosphoric acid groups is 1. The maximum Gasteiger partial charge on any atom is 0.268 e. The SMILES string of the molecule is CC/C=C\C/C=C\C/C=C\CCCCCCCCCC(=O)NC(COP(=O)([O-])OCC[N+](C)(C)C)C(O)CCCCCCCCCCCCCCCC. The molecule has 0 spiro atoms. The van der Waals surface area contributed by atoms with Gasteiger partial charge in [-0.25, -0.2) is 0 Å². The molecule has 0 aromatic carbocycles. The van der Waals surface area contributed by atoms with Crippen molar-refractivity contribution in [2.45, 2.75) is 199 Å². The Morgan fingerprint density at radius 2 is 1.15 bits per heavy atom. The molecule has 0 radical (unpaired) electrons. The van der Waals surface area contributed by atoms with Crippen LogP contribution >= 0.6 is 7.82 Å². The number of hydrogen-bond acceptors (Lipinski definition) is 6. The van der Waals surface area contributed by atoms with Crippen LogP contribution in [-0.2, 0) is 18.4 Å². The Bertz CT molecular complexity index is 964. The number of nitrogens with one attached hydrogen (secondary N) is 1. The smallest absolute Gasteiger partial charge is 0.268 e. The van der Waals surface area contributed by atoms with Gasteiger partial charge in [0, 0.05) is 6.42 Å². The Kier molecular flexibility index (Phi) is 35.5. The molecule has 3 atom stereocenters. The average Bonchev–Trinajstić information content (AvgIpc) is 3.10. The fraction of sp³-hybridized carbons (Fsp3) is 0.841. The molecule has 0 aliphatic carbocycles. The molecular formula is C44H85N2O6P. The molecule has 3 unspecified atom stereocenters. The zero-order valence-electron chi connectivity index (χ0n) is 35.2. The van der Waals surface area contributed by atoms with Crippen molar-refractivity contribution in [2.24, 2.45) is 0 Å². The van der Waals surface area contributed by atoms with Gasteiger partial charge in [0.2, 0.25) is 5.91 Å². The highest BCUT2D eigenvalue weighted by atomic mass is 31.2. The molecule has 9 heteroatoms. The van der Waals surface area contributed by atoms with E-state index in [1.807, 2.05) is 21.1 Å². The third-order valence-electron chi connectivity index (χ3n) is 9.64. The summed E-state index contributed by atoms with van der Waals surface area (Å²) in [6, 6.07) is -0.804. The summed E-state index contributed by atoms with van der Waals surface area (Å²) in [5.74, 6) is -0.177. The van der Waals surface area contributed by atoms with Gasteiger partial charge in [-0.15, -0.1) is 0 Å². The van der Waals surface area contributed by atoms with Crippen molar-refractivity contribution < 1.29 is 32.9 Å². The number of aliphatic hydroxyl groups is 1. The van der Waals surface area contributed by atoms with E-state index in [4.69, 9.17) is 9.05 Å². The molecule has 1 amide bonds. The molecule has 0 aliphatic rings. The summed E-state index contributed by atoms with van der Waals surface area (Å²) in [5.41, 5.74) is 0. The number of likely N-dealkylation sites (N-methyl/N-ethyl adjacent to an activating group) is 1. The van der Waals surface area contributed by atoms with E-state index in [1.54, 1.807) is 0 Å². The molecule has 0 heterocycles. The quantitative estimate of drug-likeness (QED) is 0.0279. The van der Waals surface area contributed by atoms with E-state index in [2.05, 4.69) is 55.6 Å². The van der Waals surface area contributed by atoms with E-state index in [0.717, 1.165) is 64.2 Å². The number of unbranched alkanes of at least 4 members (excludes halogenated alkanes) is 20.